The Morgan fingerprint density at radius 2 is 0.857 bits per heavy atom. The van der Waals surface area contributed by atoms with Gasteiger partial charge in [0.1, 0.15) is 11.2 Å². The van der Waals surface area contributed by atoms with Crippen molar-refractivity contribution < 1.29 is 4.42 Å². The molecule has 0 N–H and O–H groups in total. The molecule has 1 aromatic heterocycles. The molecule has 0 radical (unpaired) electrons. The first kappa shape index (κ1) is 32.0. The third-order valence-electron chi connectivity index (χ3n) is 11.2. The Morgan fingerprint density at radius 1 is 0.268 bits per heavy atom. The van der Waals surface area contributed by atoms with Crippen molar-refractivity contribution in [3.8, 4) is 33.4 Å². The second kappa shape index (κ2) is 13.2. The fraction of sp³-hybridized carbons (Fsp3) is 0. The Balaban J connectivity index is 1.05. The minimum Gasteiger partial charge on any atom is -0.456 e. The Labute approximate surface area is 325 Å². The summed E-state index contributed by atoms with van der Waals surface area (Å²) in [6.45, 7) is 0. The van der Waals surface area contributed by atoms with Gasteiger partial charge in [-0.15, -0.1) is 0 Å². The second-order valence-electron chi connectivity index (χ2n) is 14.5. The lowest BCUT2D eigenvalue weighted by molar-refractivity contribution is 0.669. The smallest absolute Gasteiger partial charge is 0.135 e. The lowest BCUT2D eigenvalue weighted by Gasteiger charge is -2.26. The SMILES string of the molecule is c1cc(-c2cccc(N(c3ccc(-c4cc5ccccc5c5ccccc45)cc3)c3ccc4oc5ccccc5c4c3)c2)cc(-c2cccc3ccccc23)c1. The van der Waals surface area contributed by atoms with E-state index in [-0.39, 0.29) is 0 Å². The molecule has 2 heteroatoms. The summed E-state index contributed by atoms with van der Waals surface area (Å²) in [5, 5.41) is 9.76. The molecule has 262 valence electrons. The van der Waals surface area contributed by atoms with Crippen LogP contribution >= 0.6 is 0 Å². The predicted molar refractivity (Wildman–Crippen MR) is 237 cm³/mol. The van der Waals surface area contributed by atoms with E-state index in [0.29, 0.717) is 0 Å². The molecule has 0 unspecified atom stereocenters. The highest BCUT2D eigenvalue weighted by Crippen LogP contribution is 2.42. The van der Waals surface area contributed by atoms with Crippen molar-refractivity contribution in [1.29, 1.82) is 0 Å². The third kappa shape index (κ3) is 5.42. The molecule has 0 spiro atoms. The molecule has 0 aliphatic heterocycles. The van der Waals surface area contributed by atoms with Crippen LogP contribution < -0.4 is 4.90 Å². The molecular weight excluding hydrogens is 679 g/mol. The lowest BCUT2D eigenvalue weighted by atomic mass is 9.93. The van der Waals surface area contributed by atoms with Crippen LogP contribution in [0.25, 0.3) is 87.6 Å². The van der Waals surface area contributed by atoms with E-state index < -0.39 is 0 Å². The van der Waals surface area contributed by atoms with Crippen LogP contribution in [0.15, 0.2) is 217 Å². The Hall–Kier alpha value is -7.42. The van der Waals surface area contributed by atoms with Gasteiger partial charge in [0, 0.05) is 27.8 Å². The maximum absolute atomic E-state index is 6.26. The summed E-state index contributed by atoms with van der Waals surface area (Å²) in [7, 11) is 0. The zero-order chi connectivity index (χ0) is 37.0. The fourth-order valence-corrected chi connectivity index (χ4v) is 8.55. The molecule has 0 fully saturated rings. The van der Waals surface area contributed by atoms with E-state index in [1.165, 1.54) is 60.1 Å². The van der Waals surface area contributed by atoms with Crippen LogP contribution in [0.4, 0.5) is 17.1 Å². The first-order chi connectivity index (χ1) is 27.7. The first-order valence-electron chi connectivity index (χ1n) is 19.2. The van der Waals surface area contributed by atoms with Gasteiger partial charge in [0.2, 0.25) is 0 Å². The highest BCUT2D eigenvalue weighted by Gasteiger charge is 2.18. The Kier molecular flexibility index (Phi) is 7.53. The molecule has 0 atom stereocenters. The molecule has 0 saturated carbocycles. The van der Waals surface area contributed by atoms with E-state index >= 15 is 0 Å². The summed E-state index contributed by atoms with van der Waals surface area (Å²) in [6.07, 6.45) is 0. The predicted octanol–water partition coefficient (Wildman–Crippen LogP) is 15.5. The van der Waals surface area contributed by atoms with Crippen LogP contribution in [0.2, 0.25) is 0 Å². The van der Waals surface area contributed by atoms with Crippen molar-refractivity contribution in [3.63, 3.8) is 0 Å². The number of hydrogen-bond donors (Lipinski definition) is 0. The lowest BCUT2D eigenvalue weighted by Crippen LogP contribution is -2.10. The van der Waals surface area contributed by atoms with Gasteiger partial charge in [-0.3, -0.25) is 0 Å². The van der Waals surface area contributed by atoms with Gasteiger partial charge < -0.3 is 9.32 Å². The first-order valence-corrected chi connectivity index (χ1v) is 19.2. The molecule has 0 aliphatic rings. The largest absolute Gasteiger partial charge is 0.456 e. The van der Waals surface area contributed by atoms with Crippen molar-refractivity contribution >= 4 is 71.3 Å². The molecule has 0 saturated heterocycles. The molecule has 11 aromatic rings. The van der Waals surface area contributed by atoms with Crippen LogP contribution in [0.1, 0.15) is 0 Å². The van der Waals surface area contributed by atoms with Crippen molar-refractivity contribution in [1.82, 2.24) is 0 Å². The van der Waals surface area contributed by atoms with Crippen LogP contribution in [-0.2, 0) is 0 Å². The zero-order valence-electron chi connectivity index (χ0n) is 30.6. The molecule has 56 heavy (non-hydrogen) atoms. The minimum absolute atomic E-state index is 0.882. The Bertz CT molecular complexity index is 3260. The molecule has 2 nitrogen and oxygen atoms in total. The van der Waals surface area contributed by atoms with E-state index in [4.69, 9.17) is 4.42 Å². The highest BCUT2D eigenvalue weighted by molar-refractivity contribution is 6.14. The van der Waals surface area contributed by atoms with Gasteiger partial charge in [-0.05, 0) is 126 Å². The summed E-state index contributed by atoms with van der Waals surface area (Å²) in [6, 6.07) is 76.6. The highest BCUT2D eigenvalue weighted by atomic mass is 16.3. The third-order valence-corrected chi connectivity index (χ3v) is 11.2. The molecule has 0 bridgehead atoms. The van der Waals surface area contributed by atoms with Crippen LogP contribution in [0.3, 0.4) is 0 Å². The van der Waals surface area contributed by atoms with Crippen molar-refractivity contribution in [2.24, 2.45) is 0 Å². The van der Waals surface area contributed by atoms with Crippen molar-refractivity contribution in [2.45, 2.75) is 0 Å². The maximum Gasteiger partial charge on any atom is 0.135 e. The second-order valence-corrected chi connectivity index (χ2v) is 14.5. The van der Waals surface area contributed by atoms with Gasteiger partial charge in [-0.25, -0.2) is 0 Å². The molecular formula is C54H35NO. The maximum atomic E-state index is 6.26. The summed E-state index contributed by atoms with van der Waals surface area (Å²) >= 11 is 0. The summed E-state index contributed by atoms with van der Waals surface area (Å²) in [5.41, 5.74) is 12.2. The average Bonchev–Trinajstić information content (AvgIpc) is 3.64. The van der Waals surface area contributed by atoms with Gasteiger partial charge in [0.25, 0.3) is 0 Å². The van der Waals surface area contributed by atoms with E-state index in [1.54, 1.807) is 0 Å². The van der Waals surface area contributed by atoms with Gasteiger partial charge >= 0.3 is 0 Å². The molecule has 10 aromatic carbocycles. The number of hydrogen-bond acceptors (Lipinski definition) is 2. The zero-order valence-corrected chi connectivity index (χ0v) is 30.6. The Morgan fingerprint density at radius 3 is 1.71 bits per heavy atom. The summed E-state index contributed by atoms with van der Waals surface area (Å²) < 4.78 is 6.26. The van der Waals surface area contributed by atoms with Crippen LogP contribution in [-0.4, -0.2) is 0 Å². The van der Waals surface area contributed by atoms with E-state index in [1.807, 2.05) is 12.1 Å². The van der Waals surface area contributed by atoms with Gasteiger partial charge in [-0.2, -0.15) is 0 Å². The van der Waals surface area contributed by atoms with E-state index in [0.717, 1.165) is 44.6 Å². The normalized spacial score (nSPS) is 11.6. The summed E-state index contributed by atoms with van der Waals surface area (Å²) in [4.78, 5) is 2.36. The quantitative estimate of drug-likeness (QED) is 0.160. The molecule has 0 aliphatic carbocycles. The molecule has 0 amide bonds. The van der Waals surface area contributed by atoms with Crippen LogP contribution in [0, 0.1) is 0 Å². The van der Waals surface area contributed by atoms with Gasteiger partial charge in [0.15, 0.2) is 0 Å². The van der Waals surface area contributed by atoms with Crippen molar-refractivity contribution in [3.05, 3.63) is 212 Å². The number of fused-ring (bicyclic) bond motifs is 7. The van der Waals surface area contributed by atoms with Gasteiger partial charge in [0.05, 0.1) is 0 Å². The number of para-hydroxylation sites is 1. The summed E-state index contributed by atoms with van der Waals surface area (Å²) in [5.74, 6) is 0. The monoisotopic (exact) mass is 713 g/mol. The minimum atomic E-state index is 0.882. The fourth-order valence-electron chi connectivity index (χ4n) is 8.55. The number of rotatable bonds is 6. The number of furan rings is 1. The van der Waals surface area contributed by atoms with Crippen LogP contribution in [0.5, 0.6) is 0 Å². The molecule has 11 rings (SSSR count). The standard InChI is InChI=1S/C54H35NO/c1-3-19-45-36(12-1)14-11-24-46(45)40-17-9-15-38(32-40)39-16-10-18-43(33-39)55(44-30-31-54-52(35-44)50-23-7-8-25-53(50)56-54)42-28-26-37(27-29-42)51-34-41-13-2-4-20-47(41)48-21-5-6-22-49(48)51/h1-35H. The number of benzene rings is 10. The number of nitrogens with zero attached hydrogens (tertiary/aromatic N) is 1. The number of anilines is 3. The molecule has 1 heterocycles. The van der Waals surface area contributed by atoms with E-state index in [2.05, 4.69) is 205 Å². The topological polar surface area (TPSA) is 16.4 Å². The average molecular weight is 714 g/mol. The van der Waals surface area contributed by atoms with Crippen molar-refractivity contribution in [2.75, 3.05) is 4.90 Å². The van der Waals surface area contributed by atoms with E-state index in [9.17, 15) is 0 Å². The van der Waals surface area contributed by atoms with Gasteiger partial charge in [-0.1, -0.05) is 152 Å².